The van der Waals surface area contributed by atoms with Crippen LogP contribution >= 0.6 is 0 Å². The van der Waals surface area contributed by atoms with Gasteiger partial charge in [0.1, 0.15) is 52.7 Å². The Morgan fingerprint density at radius 1 is 1.22 bits per heavy atom. The van der Waals surface area contributed by atoms with Crippen LogP contribution in [0.2, 0.25) is 0 Å². The largest absolute Gasteiger partial charge is 0.467 e. The number of hydrogen-bond acceptors (Lipinski definition) is 8. The number of fused-ring (bicyclic) bond motifs is 1. The van der Waals surface area contributed by atoms with Crippen molar-refractivity contribution in [3.63, 3.8) is 0 Å². The van der Waals surface area contributed by atoms with E-state index in [9.17, 15) is 5.26 Å². The Balaban J connectivity index is 1.50. The third-order valence-electron chi connectivity index (χ3n) is 5.75. The summed E-state index contributed by atoms with van der Waals surface area (Å²) in [5.74, 6) is 0.922. The Kier molecular flexibility index (Phi) is 5.35. The lowest BCUT2D eigenvalue weighted by molar-refractivity contribution is -0.0812. The van der Waals surface area contributed by atoms with Crippen LogP contribution in [-0.2, 0) is 14.7 Å². The van der Waals surface area contributed by atoms with Crippen molar-refractivity contribution < 1.29 is 14.2 Å². The van der Waals surface area contributed by atoms with Crippen molar-refractivity contribution in [3.8, 4) is 11.9 Å². The van der Waals surface area contributed by atoms with Gasteiger partial charge in [0, 0.05) is 30.8 Å². The molecule has 0 atom stereocenters. The average molecular weight is 431 g/mol. The maximum atomic E-state index is 9.68. The van der Waals surface area contributed by atoms with Gasteiger partial charge in [-0.25, -0.2) is 4.98 Å². The molecule has 13 heteroatoms. The van der Waals surface area contributed by atoms with Crippen LogP contribution in [-0.4, -0.2) is 80.4 Å². The van der Waals surface area contributed by atoms with E-state index in [2.05, 4.69) is 45.0 Å². The van der Waals surface area contributed by atoms with Crippen LogP contribution in [0.4, 0.5) is 11.6 Å². The second-order valence-corrected chi connectivity index (χ2v) is 9.19. The van der Waals surface area contributed by atoms with Crippen LogP contribution in [0.25, 0.3) is 11.0 Å². The number of aromatic nitrogens is 5. The Morgan fingerprint density at radius 2 is 2.00 bits per heavy atom. The van der Waals surface area contributed by atoms with Crippen molar-refractivity contribution in [2.45, 2.75) is 30.2 Å². The molecule has 3 aromatic rings. The second kappa shape index (κ2) is 8.18. The molecular weight excluding hydrogens is 407 g/mol. The molecular formula is C19H24B3N7O3. The van der Waals surface area contributed by atoms with Gasteiger partial charge in [0.05, 0.1) is 19.4 Å². The van der Waals surface area contributed by atoms with Crippen molar-refractivity contribution >= 4 is 46.2 Å². The topological polar surface area (TPSA) is 112 Å². The van der Waals surface area contributed by atoms with Crippen LogP contribution in [0.15, 0.2) is 18.5 Å². The summed E-state index contributed by atoms with van der Waals surface area (Å²) in [6.07, 6.45) is 5.35. The average Bonchev–Trinajstić information content (AvgIpc) is 3.32. The summed E-state index contributed by atoms with van der Waals surface area (Å²) < 4.78 is 20.6. The summed E-state index contributed by atoms with van der Waals surface area (Å²) in [4.78, 5) is 9.25. The van der Waals surface area contributed by atoms with E-state index in [1.807, 2.05) is 21.5 Å². The molecule has 5 rings (SSSR count). The monoisotopic (exact) mass is 431 g/mol. The molecule has 10 nitrogen and oxygen atoms in total. The fourth-order valence-electron chi connectivity index (χ4n) is 3.90. The van der Waals surface area contributed by atoms with Gasteiger partial charge in [-0.15, -0.1) is 5.10 Å². The van der Waals surface area contributed by atoms with Gasteiger partial charge in [0.25, 0.3) is 5.88 Å². The quantitative estimate of drug-likeness (QED) is 0.487. The zero-order valence-electron chi connectivity index (χ0n) is 18.5. The van der Waals surface area contributed by atoms with Gasteiger partial charge in [-0.2, -0.15) is 10.2 Å². The molecule has 0 amide bonds. The van der Waals surface area contributed by atoms with Gasteiger partial charge in [0.2, 0.25) is 5.95 Å². The lowest BCUT2D eigenvalue weighted by Gasteiger charge is -2.26. The van der Waals surface area contributed by atoms with Crippen molar-refractivity contribution in [1.29, 1.82) is 5.26 Å². The highest BCUT2D eigenvalue weighted by Gasteiger charge is 2.26. The fourth-order valence-corrected chi connectivity index (χ4v) is 3.90. The van der Waals surface area contributed by atoms with E-state index in [0.29, 0.717) is 49.6 Å². The third kappa shape index (κ3) is 3.96. The van der Waals surface area contributed by atoms with Crippen molar-refractivity contribution in [3.05, 3.63) is 24.2 Å². The lowest BCUT2D eigenvalue weighted by Crippen LogP contribution is -2.39. The number of ether oxygens (including phenoxy) is 3. The number of nitrogens with zero attached hydrogens (tertiary/aromatic N) is 6. The van der Waals surface area contributed by atoms with Crippen molar-refractivity contribution in [2.75, 3.05) is 31.7 Å². The lowest BCUT2D eigenvalue weighted by atomic mass is 9.49. The maximum absolute atomic E-state index is 9.68. The fraction of sp³-hybridized carbons (Fsp3) is 0.474. The Labute approximate surface area is 188 Å². The third-order valence-corrected chi connectivity index (χ3v) is 5.75. The molecule has 0 radical (unpaired) electrons. The summed E-state index contributed by atoms with van der Waals surface area (Å²) in [7, 11) is 6.23. The van der Waals surface area contributed by atoms with E-state index >= 15 is 0 Å². The Morgan fingerprint density at radius 3 is 2.66 bits per heavy atom. The highest BCUT2D eigenvalue weighted by Crippen LogP contribution is 2.31. The van der Waals surface area contributed by atoms with Gasteiger partial charge >= 0.3 is 0 Å². The van der Waals surface area contributed by atoms with E-state index in [-0.39, 0.29) is 17.4 Å². The number of nitriles is 1. The normalized spacial score (nSPS) is 17.7. The summed E-state index contributed by atoms with van der Waals surface area (Å²) in [6, 6.07) is 4.33. The zero-order valence-corrected chi connectivity index (χ0v) is 18.5. The number of anilines is 2. The number of rotatable bonds is 6. The standard InChI is InChI=1S/C19H24B3N7O3/c20-19(21,22)28-8-15(17(27-28)32-14-9-31-10-14)25-18-24-7-11-5-13(6-23)29(16(11)26-18)12-1-3-30-4-2-12/h5,7-8,12,14H,1-4,9-10,20-22H2,(H,24,25,26). The van der Waals surface area contributed by atoms with Gasteiger partial charge in [-0.3, -0.25) is 4.68 Å². The number of hydrogen-bond donors (Lipinski definition) is 1. The first-order valence-electron chi connectivity index (χ1n) is 10.9. The molecule has 2 fully saturated rings. The smallest absolute Gasteiger partial charge is 0.257 e. The molecule has 32 heavy (non-hydrogen) atoms. The van der Waals surface area contributed by atoms with Gasteiger partial charge < -0.3 is 24.1 Å². The molecule has 3 aromatic heterocycles. The van der Waals surface area contributed by atoms with E-state index in [0.717, 1.165) is 23.9 Å². The predicted octanol–water partition coefficient (Wildman–Crippen LogP) is -1.16. The van der Waals surface area contributed by atoms with E-state index in [1.165, 1.54) is 0 Å². The molecule has 2 saturated heterocycles. The molecule has 0 aromatic carbocycles. The van der Waals surface area contributed by atoms with Crippen LogP contribution in [0.1, 0.15) is 24.6 Å². The minimum Gasteiger partial charge on any atom is -0.467 e. The van der Waals surface area contributed by atoms with Crippen LogP contribution in [0.3, 0.4) is 0 Å². The van der Waals surface area contributed by atoms with Crippen LogP contribution in [0, 0.1) is 11.3 Å². The number of nitrogens with one attached hydrogen (secondary N) is 1. The predicted molar refractivity (Wildman–Crippen MR) is 126 cm³/mol. The second-order valence-electron chi connectivity index (χ2n) is 9.19. The summed E-state index contributed by atoms with van der Waals surface area (Å²) in [5, 5.41) is 18.2. The Hall–Kier alpha value is -2.97. The first-order valence-corrected chi connectivity index (χ1v) is 10.9. The molecule has 1 N–H and O–H groups in total. The maximum Gasteiger partial charge on any atom is 0.257 e. The molecule has 2 aliphatic rings. The highest BCUT2D eigenvalue weighted by atomic mass is 16.6. The van der Waals surface area contributed by atoms with Gasteiger partial charge in [0.15, 0.2) is 0 Å². The highest BCUT2D eigenvalue weighted by molar-refractivity contribution is 6.56. The minimum absolute atomic E-state index is 0.00814. The minimum atomic E-state index is -0.210. The zero-order chi connectivity index (χ0) is 22.3. The molecule has 0 spiro atoms. The molecule has 0 saturated carbocycles. The summed E-state index contributed by atoms with van der Waals surface area (Å²) >= 11 is 0. The Bertz CT molecular complexity index is 1170. The molecule has 0 aliphatic carbocycles. The molecule has 5 heterocycles. The van der Waals surface area contributed by atoms with E-state index in [1.54, 1.807) is 6.20 Å². The molecule has 2 aliphatic heterocycles. The van der Waals surface area contributed by atoms with Crippen molar-refractivity contribution in [2.24, 2.45) is 0 Å². The van der Waals surface area contributed by atoms with Crippen molar-refractivity contribution in [1.82, 2.24) is 24.3 Å². The summed E-state index contributed by atoms with van der Waals surface area (Å²) in [6.45, 7) is 2.48. The molecule has 0 bridgehead atoms. The van der Waals surface area contributed by atoms with Gasteiger partial charge in [-0.05, 0) is 24.1 Å². The van der Waals surface area contributed by atoms with E-state index in [4.69, 9.17) is 19.2 Å². The molecule has 162 valence electrons. The SMILES string of the molecule is BC(B)(B)n1cc(Nc2ncc3cc(C#N)n(C4CCOCC4)c3n2)c(OC2COC2)n1. The van der Waals surface area contributed by atoms with Crippen LogP contribution in [0.5, 0.6) is 5.88 Å². The first kappa shape index (κ1) is 20.9. The van der Waals surface area contributed by atoms with Crippen LogP contribution < -0.4 is 10.1 Å². The molecule has 0 unspecified atom stereocenters. The summed E-state index contributed by atoms with van der Waals surface area (Å²) in [5.41, 5.74) is 2.02. The first-order chi connectivity index (χ1) is 15.4. The van der Waals surface area contributed by atoms with Gasteiger partial charge in [-0.1, -0.05) is 0 Å². The van der Waals surface area contributed by atoms with E-state index < -0.39 is 0 Å².